The van der Waals surface area contributed by atoms with Gasteiger partial charge in [-0.3, -0.25) is 4.79 Å². The maximum Gasteiger partial charge on any atom is 1.00 e. The first-order valence-electron chi connectivity index (χ1n) is 10.6. The average Bonchev–Trinajstić information content (AvgIpc) is 2.80. The number of rotatable bonds is 11. The number of hydrogen-bond donors (Lipinski definition) is 1. The SMILES string of the molecule is CCc1cc(C(C)=O)c(O)cc1OCCCOc1ccc(Oc2ccc(C(=O)[O-])cc2)cc1.[Na+]. The molecule has 0 spiro atoms. The van der Waals surface area contributed by atoms with E-state index in [4.69, 9.17) is 14.2 Å². The van der Waals surface area contributed by atoms with Gasteiger partial charge in [-0.15, -0.1) is 0 Å². The molecule has 0 heterocycles. The van der Waals surface area contributed by atoms with Crippen LogP contribution in [-0.2, 0) is 6.42 Å². The standard InChI is InChI=1S/C26H26O7.Na/c1-3-18-15-23(17(2)27)24(28)16-25(18)32-14-4-13-31-20-9-11-22(12-10-20)33-21-7-5-19(6-8-21)26(29)30;/h5-12,15-16,28H,3-4,13-14H2,1-2H3,(H,29,30);/q;+1/p-1. The molecule has 34 heavy (non-hydrogen) atoms. The molecule has 8 heteroatoms. The summed E-state index contributed by atoms with van der Waals surface area (Å²) >= 11 is 0. The summed E-state index contributed by atoms with van der Waals surface area (Å²) in [6, 6.07) is 16.2. The molecule has 0 aliphatic carbocycles. The number of carbonyl (C=O) groups excluding carboxylic acids is 2. The van der Waals surface area contributed by atoms with E-state index in [1.807, 2.05) is 6.92 Å². The van der Waals surface area contributed by atoms with Crippen LogP contribution >= 0.6 is 0 Å². The van der Waals surface area contributed by atoms with Crippen LogP contribution in [-0.4, -0.2) is 30.1 Å². The Morgan fingerprint density at radius 3 is 2.00 bits per heavy atom. The molecule has 0 aliphatic rings. The Kier molecular flexibility index (Phi) is 10.4. The fourth-order valence-corrected chi connectivity index (χ4v) is 3.14. The van der Waals surface area contributed by atoms with E-state index in [-0.39, 0.29) is 46.7 Å². The van der Waals surface area contributed by atoms with Gasteiger partial charge in [0.15, 0.2) is 5.78 Å². The minimum Gasteiger partial charge on any atom is -0.545 e. The summed E-state index contributed by atoms with van der Waals surface area (Å²) in [5.74, 6) is 0.840. The number of phenolic OH excluding ortho intramolecular Hbond substituents is 1. The van der Waals surface area contributed by atoms with Crippen molar-refractivity contribution in [1.29, 1.82) is 0 Å². The molecule has 3 rings (SSSR count). The minimum absolute atomic E-state index is 0. The Morgan fingerprint density at radius 1 is 0.882 bits per heavy atom. The number of carbonyl (C=O) groups is 2. The molecule has 0 unspecified atom stereocenters. The van der Waals surface area contributed by atoms with Crippen LogP contribution in [0.15, 0.2) is 60.7 Å². The predicted octanol–water partition coefficient (Wildman–Crippen LogP) is 1.16. The van der Waals surface area contributed by atoms with Crippen LogP contribution in [0.5, 0.6) is 28.7 Å². The van der Waals surface area contributed by atoms with E-state index in [9.17, 15) is 19.8 Å². The van der Waals surface area contributed by atoms with Crippen molar-refractivity contribution in [2.75, 3.05) is 13.2 Å². The van der Waals surface area contributed by atoms with Gasteiger partial charge in [0.1, 0.15) is 28.7 Å². The van der Waals surface area contributed by atoms with E-state index in [1.165, 1.54) is 25.1 Å². The first kappa shape index (κ1) is 27.2. The number of hydrogen-bond acceptors (Lipinski definition) is 7. The number of carboxylic acid groups (broad SMARTS) is 1. The van der Waals surface area contributed by atoms with Crippen molar-refractivity contribution in [1.82, 2.24) is 0 Å². The third-order valence-electron chi connectivity index (χ3n) is 4.90. The van der Waals surface area contributed by atoms with Crippen LogP contribution in [0.1, 0.15) is 46.5 Å². The second-order valence-corrected chi connectivity index (χ2v) is 7.32. The summed E-state index contributed by atoms with van der Waals surface area (Å²) in [4.78, 5) is 22.4. The molecule has 0 aromatic heterocycles. The zero-order chi connectivity index (χ0) is 23.8. The predicted molar refractivity (Wildman–Crippen MR) is 120 cm³/mol. The number of ketones is 1. The smallest absolute Gasteiger partial charge is 0.545 e. The van der Waals surface area contributed by atoms with E-state index in [1.54, 1.807) is 42.5 Å². The first-order valence-corrected chi connectivity index (χ1v) is 10.6. The van der Waals surface area contributed by atoms with Crippen LogP contribution in [0, 0.1) is 0 Å². The molecule has 0 atom stereocenters. The molecule has 0 fully saturated rings. The number of aryl methyl sites for hydroxylation is 1. The molecular formula is C26H25NaO7. The number of aromatic hydroxyl groups is 1. The Morgan fingerprint density at radius 2 is 1.44 bits per heavy atom. The Hall–Kier alpha value is -3.00. The van der Waals surface area contributed by atoms with Crippen LogP contribution in [0.3, 0.4) is 0 Å². The normalized spacial score (nSPS) is 10.2. The zero-order valence-corrected chi connectivity index (χ0v) is 21.5. The van der Waals surface area contributed by atoms with Gasteiger partial charge in [0.2, 0.25) is 0 Å². The summed E-state index contributed by atoms with van der Waals surface area (Å²) in [5.41, 5.74) is 1.25. The second kappa shape index (κ2) is 13.0. The van der Waals surface area contributed by atoms with Gasteiger partial charge in [-0.1, -0.05) is 6.92 Å². The van der Waals surface area contributed by atoms with Crippen LogP contribution < -0.4 is 48.9 Å². The Balaban J connectivity index is 0.00000408. The molecule has 0 bridgehead atoms. The monoisotopic (exact) mass is 472 g/mol. The summed E-state index contributed by atoms with van der Waals surface area (Å²) in [7, 11) is 0. The van der Waals surface area contributed by atoms with Gasteiger partial charge in [0, 0.05) is 12.5 Å². The van der Waals surface area contributed by atoms with E-state index < -0.39 is 5.97 Å². The van der Waals surface area contributed by atoms with Gasteiger partial charge in [0.25, 0.3) is 0 Å². The molecule has 0 aliphatic heterocycles. The summed E-state index contributed by atoms with van der Waals surface area (Å²) in [6.07, 6.45) is 1.31. The minimum atomic E-state index is -1.23. The van der Waals surface area contributed by atoms with E-state index in [2.05, 4.69) is 0 Å². The number of aromatic carboxylic acids is 1. The Labute approximate surface area is 220 Å². The van der Waals surface area contributed by atoms with Gasteiger partial charge in [0.05, 0.1) is 24.7 Å². The van der Waals surface area contributed by atoms with E-state index in [0.29, 0.717) is 54.6 Å². The number of ether oxygens (including phenoxy) is 3. The largest absolute Gasteiger partial charge is 1.00 e. The number of phenols is 1. The van der Waals surface area contributed by atoms with Gasteiger partial charge in [-0.25, -0.2) is 0 Å². The number of carboxylic acids is 1. The fraction of sp³-hybridized carbons (Fsp3) is 0.231. The van der Waals surface area contributed by atoms with Crippen molar-refractivity contribution in [3.8, 4) is 28.7 Å². The molecule has 3 aromatic carbocycles. The molecule has 1 N–H and O–H groups in total. The van der Waals surface area contributed by atoms with Crippen LogP contribution in [0.25, 0.3) is 0 Å². The second-order valence-electron chi connectivity index (χ2n) is 7.32. The molecule has 3 aromatic rings. The molecule has 0 amide bonds. The average molecular weight is 472 g/mol. The van der Waals surface area contributed by atoms with Gasteiger partial charge in [-0.2, -0.15) is 0 Å². The third kappa shape index (κ3) is 7.52. The van der Waals surface area contributed by atoms with Gasteiger partial charge in [-0.05, 0) is 79.1 Å². The fourth-order valence-electron chi connectivity index (χ4n) is 3.14. The summed E-state index contributed by atoms with van der Waals surface area (Å²) < 4.78 is 17.2. The molecule has 0 saturated heterocycles. The molecule has 0 radical (unpaired) electrons. The molecule has 7 nitrogen and oxygen atoms in total. The Bertz CT molecular complexity index is 1110. The molecule has 172 valence electrons. The quantitative estimate of drug-likeness (QED) is 0.254. The maximum atomic E-state index is 11.6. The zero-order valence-electron chi connectivity index (χ0n) is 19.5. The van der Waals surface area contributed by atoms with Gasteiger partial charge < -0.3 is 29.2 Å². The van der Waals surface area contributed by atoms with Crippen molar-refractivity contribution < 1.29 is 63.6 Å². The summed E-state index contributed by atoms with van der Waals surface area (Å²) in [6.45, 7) is 4.21. The van der Waals surface area contributed by atoms with E-state index in [0.717, 1.165) is 5.56 Å². The molecular weight excluding hydrogens is 447 g/mol. The van der Waals surface area contributed by atoms with Crippen molar-refractivity contribution >= 4 is 11.8 Å². The van der Waals surface area contributed by atoms with Crippen LogP contribution in [0.2, 0.25) is 0 Å². The topological polar surface area (TPSA) is 105 Å². The maximum absolute atomic E-state index is 11.6. The molecule has 0 saturated carbocycles. The number of Topliss-reactive ketones (excluding diaryl/α,β-unsaturated/α-hetero) is 1. The van der Waals surface area contributed by atoms with E-state index >= 15 is 0 Å². The van der Waals surface area contributed by atoms with Crippen molar-refractivity contribution in [2.45, 2.75) is 26.7 Å². The van der Waals surface area contributed by atoms with Crippen molar-refractivity contribution in [3.63, 3.8) is 0 Å². The van der Waals surface area contributed by atoms with Gasteiger partial charge >= 0.3 is 29.6 Å². The van der Waals surface area contributed by atoms with Crippen molar-refractivity contribution in [3.05, 3.63) is 77.4 Å². The number of benzene rings is 3. The summed E-state index contributed by atoms with van der Waals surface area (Å²) in [5, 5.41) is 20.8. The van der Waals surface area contributed by atoms with Crippen LogP contribution in [0.4, 0.5) is 0 Å². The first-order chi connectivity index (χ1) is 15.9. The van der Waals surface area contributed by atoms with Crippen molar-refractivity contribution in [2.24, 2.45) is 0 Å². The third-order valence-corrected chi connectivity index (χ3v) is 4.90.